The summed E-state index contributed by atoms with van der Waals surface area (Å²) in [6, 6.07) is 21.1. The maximum atomic E-state index is 13.2. The average molecular weight is 427 g/mol. The second kappa shape index (κ2) is 7.73. The minimum Gasteiger partial charge on any atom is -0.372 e. The summed E-state index contributed by atoms with van der Waals surface area (Å²) in [5.41, 5.74) is 5.59. The summed E-state index contributed by atoms with van der Waals surface area (Å²) < 4.78 is 2.31. The zero-order valence-electron chi connectivity index (χ0n) is 18.5. The third kappa shape index (κ3) is 3.19. The fraction of sp³-hybridized carbons (Fsp3) is 0.370. The second-order valence-corrected chi connectivity index (χ2v) is 9.37. The van der Waals surface area contributed by atoms with Crippen molar-refractivity contribution in [2.24, 2.45) is 0 Å². The smallest absolute Gasteiger partial charge is 0.253 e. The molecule has 0 radical (unpaired) electrons. The molecule has 0 saturated carbocycles. The van der Waals surface area contributed by atoms with Crippen LogP contribution in [0.2, 0.25) is 0 Å². The number of hydrogen-bond donors (Lipinski definition) is 1. The molecule has 3 aliphatic heterocycles. The van der Waals surface area contributed by atoms with E-state index in [2.05, 4.69) is 69.5 Å². The minimum absolute atomic E-state index is 0.118. The molecule has 2 aromatic carbocycles. The van der Waals surface area contributed by atoms with Gasteiger partial charge in [0.1, 0.15) is 0 Å². The Morgan fingerprint density at radius 3 is 2.34 bits per heavy atom. The van der Waals surface area contributed by atoms with Crippen LogP contribution in [-0.2, 0) is 5.54 Å². The molecule has 3 aromatic rings. The third-order valence-corrected chi connectivity index (χ3v) is 7.52. The van der Waals surface area contributed by atoms with Crippen molar-refractivity contribution in [3.63, 3.8) is 0 Å². The van der Waals surface area contributed by atoms with Crippen LogP contribution in [0.15, 0.2) is 66.9 Å². The van der Waals surface area contributed by atoms with Crippen LogP contribution in [0.5, 0.6) is 0 Å². The summed E-state index contributed by atoms with van der Waals surface area (Å²) in [5, 5.41) is 3.83. The molecule has 32 heavy (non-hydrogen) atoms. The lowest BCUT2D eigenvalue weighted by Gasteiger charge is -2.46. The van der Waals surface area contributed by atoms with Crippen molar-refractivity contribution in [2.75, 3.05) is 36.4 Å². The van der Waals surface area contributed by atoms with E-state index in [-0.39, 0.29) is 11.4 Å². The van der Waals surface area contributed by atoms with E-state index in [1.807, 2.05) is 17.0 Å². The van der Waals surface area contributed by atoms with Gasteiger partial charge in [0.05, 0.1) is 16.9 Å². The van der Waals surface area contributed by atoms with Crippen molar-refractivity contribution in [2.45, 2.75) is 37.6 Å². The molecule has 0 bridgehead atoms. The summed E-state index contributed by atoms with van der Waals surface area (Å²) in [5.74, 6) is 0.150. The lowest BCUT2D eigenvalue weighted by Crippen LogP contribution is -2.51. The summed E-state index contributed by atoms with van der Waals surface area (Å²) in [4.78, 5) is 17.7. The first kappa shape index (κ1) is 19.5. The van der Waals surface area contributed by atoms with E-state index in [0.717, 1.165) is 44.6 Å². The number of para-hydroxylation sites is 2. The molecular formula is C27H30N4O. The molecule has 2 saturated heterocycles. The fourth-order valence-electron chi connectivity index (χ4n) is 5.71. The summed E-state index contributed by atoms with van der Waals surface area (Å²) >= 11 is 0. The van der Waals surface area contributed by atoms with E-state index in [1.165, 1.54) is 42.0 Å². The lowest BCUT2D eigenvalue weighted by molar-refractivity contribution is 0.0676. The number of amides is 1. The topological polar surface area (TPSA) is 40.5 Å². The Morgan fingerprint density at radius 2 is 1.56 bits per heavy atom. The van der Waals surface area contributed by atoms with Gasteiger partial charge >= 0.3 is 0 Å². The molecule has 0 atom stereocenters. The van der Waals surface area contributed by atoms with Crippen molar-refractivity contribution >= 4 is 17.3 Å². The number of piperidine rings is 2. The van der Waals surface area contributed by atoms with E-state index in [9.17, 15) is 4.79 Å². The van der Waals surface area contributed by atoms with E-state index in [4.69, 9.17) is 0 Å². The maximum Gasteiger partial charge on any atom is 0.253 e. The van der Waals surface area contributed by atoms with Crippen LogP contribution in [-0.4, -0.2) is 41.6 Å². The first-order valence-corrected chi connectivity index (χ1v) is 11.9. The predicted octanol–water partition coefficient (Wildman–Crippen LogP) is 5.02. The Bertz CT molecular complexity index is 1120. The summed E-state index contributed by atoms with van der Waals surface area (Å²) in [6.07, 6.45) is 7.81. The first-order chi connectivity index (χ1) is 15.7. The number of fused-ring (bicyclic) bond motifs is 4. The van der Waals surface area contributed by atoms with E-state index >= 15 is 0 Å². The van der Waals surface area contributed by atoms with Gasteiger partial charge in [0, 0.05) is 49.3 Å². The zero-order valence-corrected chi connectivity index (χ0v) is 18.5. The SMILES string of the molecule is O=C(c1ccc(N2CCCCC2)cc1)N1CCC2(CC1)Nc1ccccc1-n1cccc12. The van der Waals surface area contributed by atoms with Crippen molar-refractivity contribution < 1.29 is 4.79 Å². The van der Waals surface area contributed by atoms with E-state index < -0.39 is 0 Å². The number of anilines is 2. The Hall–Kier alpha value is -3.21. The van der Waals surface area contributed by atoms with Crippen molar-refractivity contribution in [1.82, 2.24) is 9.47 Å². The molecule has 5 nitrogen and oxygen atoms in total. The molecule has 4 heterocycles. The van der Waals surface area contributed by atoms with Crippen molar-refractivity contribution in [3.8, 4) is 5.69 Å². The quantitative estimate of drug-likeness (QED) is 0.625. The monoisotopic (exact) mass is 426 g/mol. The van der Waals surface area contributed by atoms with Gasteiger partial charge in [-0.2, -0.15) is 0 Å². The van der Waals surface area contributed by atoms with Crippen LogP contribution in [0, 0.1) is 0 Å². The number of hydrogen-bond acceptors (Lipinski definition) is 3. The third-order valence-electron chi connectivity index (χ3n) is 7.52. The Balaban J connectivity index is 1.17. The average Bonchev–Trinajstić information content (AvgIpc) is 3.37. The molecule has 5 heteroatoms. The van der Waals surface area contributed by atoms with Gasteiger partial charge < -0.3 is 19.7 Å². The van der Waals surface area contributed by atoms with Gasteiger partial charge in [0.15, 0.2) is 0 Å². The molecule has 1 spiro atoms. The number of carbonyl (C=O) groups is 1. The molecular weight excluding hydrogens is 396 g/mol. The van der Waals surface area contributed by atoms with E-state index in [0.29, 0.717) is 0 Å². The highest BCUT2D eigenvalue weighted by Gasteiger charge is 2.42. The van der Waals surface area contributed by atoms with Crippen LogP contribution in [0.4, 0.5) is 11.4 Å². The van der Waals surface area contributed by atoms with Crippen LogP contribution in [0.1, 0.15) is 48.2 Å². The molecule has 0 unspecified atom stereocenters. The van der Waals surface area contributed by atoms with Gasteiger partial charge in [-0.25, -0.2) is 0 Å². The highest BCUT2D eigenvalue weighted by molar-refractivity contribution is 5.94. The molecule has 1 N–H and O–H groups in total. The predicted molar refractivity (Wildman–Crippen MR) is 129 cm³/mol. The Kier molecular flexibility index (Phi) is 4.71. The Labute approximate surface area is 189 Å². The van der Waals surface area contributed by atoms with E-state index in [1.54, 1.807) is 0 Å². The molecule has 6 rings (SSSR count). The number of likely N-dealkylation sites (tertiary alicyclic amines) is 1. The van der Waals surface area contributed by atoms with Crippen LogP contribution >= 0.6 is 0 Å². The molecule has 1 aromatic heterocycles. The van der Waals surface area contributed by atoms with Gasteiger partial charge in [-0.15, -0.1) is 0 Å². The van der Waals surface area contributed by atoms with Gasteiger partial charge in [0.25, 0.3) is 5.91 Å². The number of aromatic nitrogens is 1. The van der Waals surface area contributed by atoms with Crippen LogP contribution in [0.25, 0.3) is 5.69 Å². The molecule has 3 aliphatic rings. The van der Waals surface area contributed by atoms with Crippen LogP contribution < -0.4 is 10.2 Å². The number of rotatable bonds is 2. The lowest BCUT2D eigenvalue weighted by atomic mass is 9.82. The zero-order chi connectivity index (χ0) is 21.5. The molecule has 2 fully saturated rings. The molecule has 1 amide bonds. The molecule has 164 valence electrons. The number of nitrogens with zero attached hydrogens (tertiary/aromatic N) is 3. The van der Waals surface area contributed by atoms with Gasteiger partial charge in [0.2, 0.25) is 0 Å². The fourth-order valence-corrected chi connectivity index (χ4v) is 5.71. The van der Waals surface area contributed by atoms with Gasteiger partial charge in [-0.05, 0) is 80.6 Å². The molecule has 0 aliphatic carbocycles. The van der Waals surface area contributed by atoms with Crippen molar-refractivity contribution in [1.29, 1.82) is 0 Å². The maximum absolute atomic E-state index is 13.2. The van der Waals surface area contributed by atoms with Gasteiger partial charge in [-0.3, -0.25) is 4.79 Å². The second-order valence-electron chi connectivity index (χ2n) is 9.37. The standard InChI is InChI=1S/C27H30N4O/c32-26(21-10-12-22(13-11-21)29-16-4-1-5-17-29)30-19-14-27(15-20-30)25-9-6-18-31(25)24-8-3-2-7-23(24)28-27/h2-3,6-13,18,28H,1,4-5,14-17,19-20H2. The highest BCUT2D eigenvalue weighted by Crippen LogP contribution is 2.43. The highest BCUT2D eigenvalue weighted by atomic mass is 16.2. The number of carbonyl (C=O) groups excluding carboxylic acids is 1. The minimum atomic E-state index is -0.118. The van der Waals surface area contributed by atoms with Crippen LogP contribution in [0.3, 0.4) is 0 Å². The summed E-state index contributed by atoms with van der Waals surface area (Å²) in [6.45, 7) is 3.76. The largest absolute Gasteiger partial charge is 0.372 e. The number of nitrogens with one attached hydrogen (secondary N) is 1. The van der Waals surface area contributed by atoms with Crippen molar-refractivity contribution in [3.05, 3.63) is 78.1 Å². The first-order valence-electron chi connectivity index (χ1n) is 11.9. The number of benzene rings is 2. The van der Waals surface area contributed by atoms with Gasteiger partial charge in [-0.1, -0.05) is 12.1 Å². The normalized spacial score (nSPS) is 19.2. The Morgan fingerprint density at radius 1 is 0.812 bits per heavy atom. The summed E-state index contributed by atoms with van der Waals surface area (Å²) in [7, 11) is 0.